The van der Waals surface area contributed by atoms with Gasteiger partial charge >= 0.3 is 0 Å². The van der Waals surface area contributed by atoms with Crippen LogP contribution in [0.3, 0.4) is 0 Å². The molecule has 1 saturated carbocycles. The van der Waals surface area contributed by atoms with Gasteiger partial charge in [0.2, 0.25) is 0 Å². The summed E-state index contributed by atoms with van der Waals surface area (Å²) < 4.78 is 0. The van der Waals surface area contributed by atoms with Gasteiger partial charge in [0.05, 0.1) is 0 Å². The van der Waals surface area contributed by atoms with Crippen molar-refractivity contribution < 1.29 is 17.1 Å². The minimum atomic E-state index is 0. The van der Waals surface area contributed by atoms with E-state index in [9.17, 15) is 0 Å². The van der Waals surface area contributed by atoms with Gasteiger partial charge < -0.3 is 0 Å². The van der Waals surface area contributed by atoms with Gasteiger partial charge in [-0.2, -0.15) is 0 Å². The Morgan fingerprint density at radius 1 is 1.36 bits per heavy atom. The second kappa shape index (κ2) is 2.64. The SMILES string of the molecule is CC1=C2CC(CC1)C2(C)C.[Cu]. The molecule has 0 aromatic rings. The van der Waals surface area contributed by atoms with Crippen LogP contribution in [0.25, 0.3) is 0 Å². The maximum Gasteiger partial charge on any atom is 0 e. The van der Waals surface area contributed by atoms with Crippen molar-refractivity contribution in [3.05, 3.63) is 11.1 Å². The summed E-state index contributed by atoms with van der Waals surface area (Å²) in [5, 5.41) is 0. The predicted octanol–water partition coefficient (Wildman–Crippen LogP) is 3.14. The summed E-state index contributed by atoms with van der Waals surface area (Å²) in [6, 6.07) is 0. The molecule has 0 amide bonds. The van der Waals surface area contributed by atoms with E-state index in [1.165, 1.54) is 19.3 Å². The Kier molecular flexibility index (Phi) is 2.24. The van der Waals surface area contributed by atoms with E-state index in [-0.39, 0.29) is 17.1 Å². The Labute approximate surface area is 79.9 Å². The van der Waals surface area contributed by atoms with Crippen LogP contribution in [0.2, 0.25) is 0 Å². The van der Waals surface area contributed by atoms with E-state index in [4.69, 9.17) is 0 Å². The van der Waals surface area contributed by atoms with Crippen molar-refractivity contribution in [3.8, 4) is 0 Å². The number of rotatable bonds is 0. The molecule has 2 bridgehead atoms. The van der Waals surface area contributed by atoms with E-state index in [0.717, 1.165) is 5.92 Å². The molecule has 1 unspecified atom stereocenters. The fourth-order valence-corrected chi connectivity index (χ4v) is 2.61. The van der Waals surface area contributed by atoms with Crippen LogP contribution in [0.1, 0.15) is 40.0 Å². The first kappa shape index (κ1) is 9.35. The van der Waals surface area contributed by atoms with Gasteiger partial charge in [-0.15, -0.1) is 0 Å². The number of hydrogen-bond donors (Lipinski definition) is 0. The number of hydrogen-bond acceptors (Lipinski definition) is 0. The van der Waals surface area contributed by atoms with Crippen molar-refractivity contribution in [1.29, 1.82) is 0 Å². The normalized spacial score (nSPS) is 32.5. The molecule has 0 aliphatic heterocycles. The minimum Gasteiger partial charge on any atom is -0.0735 e. The molecule has 0 N–H and O–H groups in total. The molecule has 3 aliphatic carbocycles. The molecular formula is C10H16Cu. The molecule has 1 fully saturated rings. The summed E-state index contributed by atoms with van der Waals surface area (Å²) in [4.78, 5) is 0. The Balaban J connectivity index is 0.000000605. The standard InChI is InChI=1S/C10H16.Cu/c1-7-4-5-8-6-9(7)10(8,2)3;/h8H,4-6H2,1-3H3;. The molecule has 3 rings (SSSR count). The first-order valence-electron chi connectivity index (χ1n) is 4.31. The monoisotopic (exact) mass is 199 g/mol. The van der Waals surface area contributed by atoms with Gasteiger partial charge in [0.15, 0.2) is 0 Å². The molecule has 67 valence electrons. The van der Waals surface area contributed by atoms with Crippen molar-refractivity contribution in [2.24, 2.45) is 11.3 Å². The summed E-state index contributed by atoms with van der Waals surface area (Å²) >= 11 is 0. The van der Waals surface area contributed by atoms with Crippen LogP contribution >= 0.6 is 0 Å². The van der Waals surface area contributed by atoms with E-state index in [1.54, 1.807) is 11.1 Å². The quantitative estimate of drug-likeness (QED) is 0.416. The zero-order chi connectivity index (χ0) is 7.35. The van der Waals surface area contributed by atoms with E-state index >= 15 is 0 Å². The van der Waals surface area contributed by atoms with Crippen LogP contribution in [0.4, 0.5) is 0 Å². The minimum absolute atomic E-state index is 0. The zero-order valence-corrected chi connectivity index (χ0v) is 8.44. The molecule has 0 nitrogen and oxygen atoms in total. The van der Waals surface area contributed by atoms with Gasteiger partial charge in [0, 0.05) is 17.1 Å². The summed E-state index contributed by atoms with van der Waals surface area (Å²) in [7, 11) is 0. The summed E-state index contributed by atoms with van der Waals surface area (Å²) in [5.74, 6) is 1.02. The van der Waals surface area contributed by atoms with Gasteiger partial charge in [-0.1, -0.05) is 25.0 Å². The first-order chi connectivity index (χ1) is 4.62. The zero-order valence-electron chi connectivity index (χ0n) is 7.50. The van der Waals surface area contributed by atoms with Crippen molar-refractivity contribution in [2.75, 3.05) is 0 Å². The maximum absolute atomic E-state index is 2.40. The molecule has 3 aliphatic rings. The Bertz CT molecular complexity index is 201. The second-order valence-corrected chi connectivity index (χ2v) is 4.42. The summed E-state index contributed by atoms with van der Waals surface area (Å²) in [6.07, 6.45) is 4.24. The van der Waals surface area contributed by atoms with Crippen molar-refractivity contribution in [1.82, 2.24) is 0 Å². The third-order valence-corrected chi connectivity index (χ3v) is 3.63. The summed E-state index contributed by atoms with van der Waals surface area (Å²) in [6.45, 7) is 7.12. The average Bonchev–Trinajstić information content (AvgIpc) is 1.87. The molecule has 0 aromatic heterocycles. The molecule has 1 radical (unpaired) electrons. The smallest absolute Gasteiger partial charge is 0 e. The maximum atomic E-state index is 2.40. The predicted molar refractivity (Wildman–Crippen MR) is 43.8 cm³/mol. The van der Waals surface area contributed by atoms with Gasteiger partial charge in [-0.3, -0.25) is 0 Å². The third kappa shape index (κ3) is 1.10. The van der Waals surface area contributed by atoms with Crippen molar-refractivity contribution in [3.63, 3.8) is 0 Å². The van der Waals surface area contributed by atoms with Crippen LogP contribution in [-0.2, 0) is 17.1 Å². The van der Waals surface area contributed by atoms with E-state index < -0.39 is 0 Å². The van der Waals surface area contributed by atoms with Crippen molar-refractivity contribution >= 4 is 0 Å². The second-order valence-electron chi connectivity index (χ2n) is 4.42. The Hall–Kier alpha value is 0.259. The Morgan fingerprint density at radius 3 is 2.27 bits per heavy atom. The van der Waals surface area contributed by atoms with Gasteiger partial charge in [0.25, 0.3) is 0 Å². The first-order valence-corrected chi connectivity index (χ1v) is 4.31. The molecule has 0 spiro atoms. The average molecular weight is 200 g/mol. The Morgan fingerprint density at radius 2 is 2.00 bits per heavy atom. The topological polar surface area (TPSA) is 0 Å². The molecule has 11 heavy (non-hydrogen) atoms. The molecule has 1 atom stereocenters. The van der Waals surface area contributed by atoms with Crippen LogP contribution in [0.5, 0.6) is 0 Å². The molecule has 0 aromatic carbocycles. The fourth-order valence-electron chi connectivity index (χ4n) is 2.61. The number of allylic oxidation sites excluding steroid dienone is 2. The molecule has 1 heteroatoms. The van der Waals surface area contributed by atoms with Crippen LogP contribution in [-0.4, -0.2) is 0 Å². The van der Waals surface area contributed by atoms with Crippen molar-refractivity contribution in [2.45, 2.75) is 40.0 Å². The van der Waals surface area contributed by atoms with Crippen LogP contribution < -0.4 is 0 Å². The fraction of sp³-hybridized carbons (Fsp3) is 0.800. The number of fused-ring (bicyclic) bond motifs is 2. The van der Waals surface area contributed by atoms with Crippen LogP contribution in [0, 0.1) is 11.3 Å². The molecule has 0 saturated heterocycles. The largest absolute Gasteiger partial charge is 0.0735 e. The molecule has 0 heterocycles. The third-order valence-electron chi connectivity index (χ3n) is 3.63. The van der Waals surface area contributed by atoms with Crippen LogP contribution in [0.15, 0.2) is 11.1 Å². The van der Waals surface area contributed by atoms with E-state index in [2.05, 4.69) is 20.8 Å². The summed E-state index contributed by atoms with van der Waals surface area (Å²) in [5.41, 5.74) is 4.04. The van der Waals surface area contributed by atoms with E-state index in [1.807, 2.05) is 0 Å². The van der Waals surface area contributed by atoms with Gasteiger partial charge in [0.1, 0.15) is 0 Å². The van der Waals surface area contributed by atoms with Gasteiger partial charge in [-0.05, 0) is 37.5 Å². The molecular weight excluding hydrogens is 184 g/mol. The van der Waals surface area contributed by atoms with E-state index in [0.29, 0.717) is 5.41 Å². The van der Waals surface area contributed by atoms with Gasteiger partial charge in [-0.25, -0.2) is 0 Å².